The van der Waals surface area contributed by atoms with Crippen molar-refractivity contribution in [1.29, 1.82) is 0 Å². The van der Waals surface area contributed by atoms with Crippen LogP contribution in [0.3, 0.4) is 0 Å². The Balaban J connectivity index is 1.22. The van der Waals surface area contributed by atoms with E-state index in [0.29, 0.717) is 13.2 Å². The molecule has 0 amide bonds. The van der Waals surface area contributed by atoms with Crippen molar-refractivity contribution < 1.29 is 24.4 Å². The van der Waals surface area contributed by atoms with Crippen LogP contribution in [-0.2, 0) is 18.0 Å². The first kappa shape index (κ1) is 25.1. The van der Waals surface area contributed by atoms with Crippen molar-refractivity contribution in [3.63, 3.8) is 0 Å². The number of alkyl halides is 2. The van der Waals surface area contributed by atoms with Crippen molar-refractivity contribution in [2.24, 2.45) is 0 Å². The quantitative estimate of drug-likeness (QED) is 0.182. The molecule has 2 atom stereocenters. The van der Waals surface area contributed by atoms with Gasteiger partial charge in [0, 0.05) is 11.1 Å². The number of phenolic OH excluding ortho intramolecular Hbond substituents is 2. The highest BCUT2D eigenvalue weighted by molar-refractivity contribution is 9.09. The molecule has 0 spiro atoms. The van der Waals surface area contributed by atoms with Crippen LogP contribution >= 0.6 is 31.9 Å². The number of hydrogen-bond acceptors (Lipinski definition) is 5. The number of rotatable bonds is 10. The van der Waals surface area contributed by atoms with Gasteiger partial charge in [0.05, 0.1) is 13.2 Å². The molecule has 0 aliphatic carbocycles. The van der Waals surface area contributed by atoms with Gasteiger partial charge in [-0.2, -0.15) is 0 Å². The van der Waals surface area contributed by atoms with Crippen molar-refractivity contribution in [3.8, 4) is 23.0 Å². The molecule has 4 aromatic rings. The number of benzene rings is 4. The van der Waals surface area contributed by atoms with Crippen LogP contribution in [0.5, 0.6) is 23.0 Å². The van der Waals surface area contributed by atoms with Crippen molar-refractivity contribution in [3.05, 3.63) is 119 Å². The molecule has 4 aromatic carbocycles. The Hall–Kier alpha value is -3.00. The maximum Gasteiger partial charge on any atom is 0.178 e. The maximum atomic E-state index is 9.41. The largest absolute Gasteiger partial charge is 0.508 e. The highest BCUT2D eigenvalue weighted by atomic mass is 79.9. The highest BCUT2D eigenvalue weighted by Crippen LogP contribution is 2.29. The van der Waals surface area contributed by atoms with E-state index in [1.807, 2.05) is 72.8 Å². The minimum absolute atomic E-state index is 0.222. The van der Waals surface area contributed by atoms with E-state index in [1.54, 1.807) is 24.3 Å². The van der Waals surface area contributed by atoms with E-state index in [4.69, 9.17) is 14.2 Å². The van der Waals surface area contributed by atoms with Crippen LogP contribution in [0.4, 0.5) is 0 Å². The predicted octanol–water partition coefficient (Wildman–Crippen LogP) is 7.76. The fraction of sp³-hybridized carbons (Fsp3) is 0.143. The predicted molar refractivity (Wildman–Crippen MR) is 142 cm³/mol. The van der Waals surface area contributed by atoms with Crippen molar-refractivity contribution >= 4 is 31.9 Å². The SMILES string of the molecule is Oc1ccc(C(Br)Oc2ccc(COCc3ccc(OC(Br)c4ccc(O)cc4)cc3)cc2)cc1. The molecule has 0 saturated carbocycles. The zero-order valence-electron chi connectivity index (χ0n) is 18.7. The molecule has 0 aliphatic heterocycles. The summed E-state index contributed by atoms with van der Waals surface area (Å²) in [6.07, 6.45) is 0. The summed E-state index contributed by atoms with van der Waals surface area (Å²) in [6.45, 7) is 0.969. The molecule has 0 aliphatic rings. The second kappa shape index (κ2) is 12.1. The fourth-order valence-electron chi connectivity index (χ4n) is 3.24. The standard InChI is InChI=1S/C28H24Br2O5/c29-27(21-5-9-23(31)10-6-21)34-25-13-1-19(2-14-25)17-33-18-20-3-15-26(16-4-20)35-28(30)22-7-11-24(32)12-8-22/h1-16,27-28,31-32H,17-18H2. The van der Waals surface area contributed by atoms with Gasteiger partial charge in [0.15, 0.2) is 10.0 Å². The van der Waals surface area contributed by atoms with Crippen molar-refractivity contribution in [2.45, 2.75) is 23.2 Å². The molecule has 4 rings (SSSR count). The number of phenols is 2. The van der Waals surface area contributed by atoms with Crippen molar-refractivity contribution in [1.82, 2.24) is 0 Å². The molecular weight excluding hydrogens is 576 g/mol. The maximum absolute atomic E-state index is 9.41. The van der Waals surface area contributed by atoms with Crippen LogP contribution in [0.1, 0.15) is 32.3 Å². The lowest BCUT2D eigenvalue weighted by Crippen LogP contribution is -2.00. The minimum atomic E-state index is -0.307. The molecule has 0 fully saturated rings. The molecule has 0 saturated heterocycles. The van der Waals surface area contributed by atoms with Gasteiger partial charge in [0.25, 0.3) is 0 Å². The lowest BCUT2D eigenvalue weighted by atomic mass is 10.2. The van der Waals surface area contributed by atoms with Crippen molar-refractivity contribution in [2.75, 3.05) is 0 Å². The van der Waals surface area contributed by atoms with E-state index in [-0.39, 0.29) is 21.5 Å². The van der Waals surface area contributed by atoms with Crippen LogP contribution in [-0.4, -0.2) is 10.2 Å². The smallest absolute Gasteiger partial charge is 0.178 e. The van der Waals surface area contributed by atoms with Gasteiger partial charge in [0.1, 0.15) is 23.0 Å². The van der Waals surface area contributed by atoms with E-state index in [0.717, 1.165) is 33.8 Å². The van der Waals surface area contributed by atoms with E-state index < -0.39 is 0 Å². The first-order chi connectivity index (χ1) is 17.0. The molecule has 180 valence electrons. The molecule has 0 heterocycles. The summed E-state index contributed by atoms with van der Waals surface area (Å²) in [6, 6.07) is 29.3. The summed E-state index contributed by atoms with van der Waals surface area (Å²) < 4.78 is 17.7. The Morgan fingerprint density at radius 1 is 0.514 bits per heavy atom. The van der Waals surface area contributed by atoms with Crippen LogP contribution in [0, 0.1) is 0 Å². The summed E-state index contributed by atoms with van der Waals surface area (Å²) in [5, 5.41) is 18.2. The third-order valence-corrected chi connectivity index (χ3v) is 6.60. The zero-order chi connectivity index (χ0) is 24.6. The summed E-state index contributed by atoms with van der Waals surface area (Å²) >= 11 is 7.03. The molecule has 35 heavy (non-hydrogen) atoms. The van der Waals surface area contributed by atoms with Crippen LogP contribution in [0.25, 0.3) is 0 Å². The van der Waals surface area contributed by atoms with E-state index in [9.17, 15) is 10.2 Å². The number of halogens is 2. The number of aromatic hydroxyl groups is 2. The molecule has 0 bridgehead atoms. The second-order valence-corrected chi connectivity index (χ2v) is 9.49. The number of ether oxygens (including phenoxy) is 3. The van der Waals surface area contributed by atoms with Gasteiger partial charge >= 0.3 is 0 Å². The van der Waals surface area contributed by atoms with Gasteiger partial charge in [0.2, 0.25) is 0 Å². The summed E-state index contributed by atoms with van der Waals surface area (Å²) in [5.74, 6) is 1.91. The average Bonchev–Trinajstić information content (AvgIpc) is 2.87. The third kappa shape index (κ3) is 7.49. The molecule has 0 radical (unpaired) electrons. The topological polar surface area (TPSA) is 68.2 Å². The number of hydrogen-bond donors (Lipinski definition) is 2. The molecule has 0 aromatic heterocycles. The first-order valence-electron chi connectivity index (χ1n) is 10.9. The minimum Gasteiger partial charge on any atom is -0.508 e. The molecule has 2 unspecified atom stereocenters. The van der Waals surface area contributed by atoms with Gasteiger partial charge in [-0.1, -0.05) is 48.5 Å². The normalized spacial score (nSPS) is 12.6. The van der Waals surface area contributed by atoms with Gasteiger partial charge in [-0.3, -0.25) is 0 Å². The first-order valence-corrected chi connectivity index (χ1v) is 12.7. The lowest BCUT2D eigenvalue weighted by Gasteiger charge is -2.14. The molecule has 7 heteroatoms. The van der Waals surface area contributed by atoms with Gasteiger partial charge in [-0.25, -0.2) is 0 Å². The Morgan fingerprint density at radius 2 is 0.857 bits per heavy atom. The van der Waals surface area contributed by atoms with Gasteiger partial charge in [-0.05, 0) is 91.5 Å². The Bertz CT molecular complexity index is 1100. The fourth-order valence-corrected chi connectivity index (χ4v) is 4.28. The molecule has 5 nitrogen and oxygen atoms in total. The van der Waals surface area contributed by atoms with E-state index in [1.165, 1.54) is 0 Å². The van der Waals surface area contributed by atoms with Gasteiger partial charge < -0.3 is 24.4 Å². The third-order valence-electron chi connectivity index (χ3n) is 5.17. The summed E-state index contributed by atoms with van der Waals surface area (Å²) in [7, 11) is 0. The van der Waals surface area contributed by atoms with E-state index in [2.05, 4.69) is 31.9 Å². The summed E-state index contributed by atoms with van der Waals surface area (Å²) in [4.78, 5) is 0. The Kier molecular flexibility index (Phi) is 8.69. The average molecular weight is 600 g/mol. The second-order valence-electron chi connectivity index (χ2n) is 7.83. The Morgan fingerprint density at radius 3 is 1.20 bits per heavy atom. The van der Waals surface area contributed by atoms with Crippen LogP contribution in [0.15, 0.2) is 97.1 Å². The Labute approximate surface area is 221 Å². The highest BCUT2D eigenvalue weighted by Gasteiger charge is 2.10. The molecular formula is C28H24Br2O5. The monoisotopic (exact) mass is 598 g/mol. The van der Waals surface area contributed by atoms with Crippen LogP contribution < -0.4 is 9.47 Å². The van der Waals surface area contributed by atoms with E-state index >= 15 is 0 Å². The molecule has 2 N–H and O–H groups in total. The lowest BCUT2D eigenvalue weighted by molar-refractivity contribution is 0.107. The zero-order valence-corrected chi connectivity index (χ0v) is 21.9. The van der Waals surface area contributed by atoms with Gasteiger partial charge in [-0.15, -0.1) is 0 Å². The van der Waals surface area contributed by atoms with Crippen LogP contribution in [0.2, 0.25) is 0 Å². The summed E-state index contributed by atoms with van der Waals surface area (Å²) in [5.41, 5.74) is 3.92.